The van der Waals surface area contributed by atoms with Crippen molar-refractivity contribution in [2.24, 2.45) is 7.05 Å². The maximum Gasteiger partial charge on any atom is 0.126 e. The molecule has 3 heteroatoms. The van der Waals surface area contributed by atoms with Gasteiger partial charge in [-0.05, 0) is 24.8 Å². The molecule has 0 aliphatic heterocycles. The van der Waals surface area contributed by atoms with E-state index in [4.69, 9.17) is 10.7 Å². The predicted octanol–water partition coefficient (Wildman–Crippen LogP) is 3.69. The summed E-state index contributed by atoms with van der Waals surface area (Å²) in [5.41, 5.74) is 8.57. The van der Waals surface area contributed by atoms with Gasteiger partial charge in [-0.1, -0.05) is 50.6 Å². The first-order valence-corrected chi connectivity index (χ1v) is 7.48. The van der Waals surface area contributed by atoms with Gasteiger partial charge in [0.15, 0.2) is 0 Å². The van der Waals surface area contributed by atoms with Crippen molar-refractivity contribution in [2.75, 3.05) is 5.73 Å². The van der Waals surface area contributed by atoms with E-state index >= 15 is 0 Å². The molecular formula is C17H25N3. The number of nitrogens with two attached hydrogens (primary N) is 1. The second kappa shape index (κ2) is 6.60. The number of benzene rings is 1. The molecule has 0 saturated heterocycles. The Morgan fingerprint density at radius 1 is 1.20 bits per heavy atom. The summed E-state index contributed by atoms with van der Waals surface area (Å²) in [5, 5.41) is 0. The van der Waals surface area contributed by atoms with Crippen LogP contribution in [0.4, 0.5) is 5.82 Å². The summed E-state index contributed by atoms with van der Waals surface area (Å²) in [6, 6.07) is 10.6. The van der Waals surface area contributed by atoms with Crippen LogP contribution >= 0.6 is 0 Å². The van der Waals surface area contributed by atoms with Crippen LogP contribution in [0.15, 0.2) is 30.3 Å². The predicted molar refractivity (Wildman–Crippen MR) is 84.8 cm³/mol. The number of anilines is 1. The van der Waals surface area contributed by atoms with Gasteiger partial charge in [0.25, 0.3) is 0 Å². The van der Waals surface area contributed by atoms with Crippen molar-refractivity contribution in [3.63, 3.8) is 0 Å². The summed E-state index contributed by atoms with van der Waals surface area (Å²) in [6.45, 7) is 4.40. The summed E-state index contributed by atoms with van der Waals surface area (Å²) in [4.78, 5) is 4.75. The lowest BCUT2D eigenvalue weighted by molar-refractivity contribution is 0.612. The second-order valence-corrected chi connectivity index (χ2v) is 5.54. The third kappa shape index (κ3) is 3.21. The highest BCUT2D eigenvalue weighted by Gasteiger charge is 2.16. The van der Waals surface area contributed by atoms with E-state index in [2.05, 4.69) is 48.7 Å². The maximum absolute atomic E-state index is 6.14. The van der Waals surface area contributed by atoms with Crippen LogP contribution in [0.2, 0.25) is 0 Å². The van der Waals surface area contributed by atoms with Crippen LogP contribution in [0.25, 0.3) is 0 Å². The number of aromatic nitrogens is 2. The summed E-state index contributed by atoms with van der Waals surface area (Å²) < 4.78 is 2.06. The van der Waals surface area contributed by atoms with Gasteiger partial charge >= 0.3 is 0 Å². The van der Waals surface area contributed by atoms with Crippen molar-refractivity contribution in [3.8, 4) is 0 Å². The van der Waals surface area contributed by atoms with E-state index in [9.17, 15) is 0 Å². The highest BCUT2D eigenvalue weighted by atomic mass is 15.1. The molecule has 0 amide bonds. The molecule has 1 heterocycles. The number of imidazole rings is 1. The monoisotopic (exact) mass is 271 g/mol. The van der Waals surface area contributed by atoms with Crippen LogP contribution in [0.5, 0.6) is 0 Å². The molecule has 0 fully saturated rings. The molecule has 3 nitrogen and oxygen atoms in total. The molecule has 0 spiro atoms. The molecule has 0 saturated carbocycles. The molecule has 20 heavy (non-hydrogen) atoms. The fourth-order valence-corrected chi connectivity index (χ4v) is 2.61. The van der Waals surface area contributed by atoms with Crippen LogP contribution < -0.4 is 5.73 Å². The lowest BCUT2D eigenvalue weighted by Crippen LogP contribution is -2.06. The fourth-order valence-electron chi connectivity index (χ4n) is 2.61. The van der Waals surface area contributed by atoms with Crippen LogP contribution in [-0.2, 0) is 19.9 Å². The topological polar surface area (TPSA) is 43.8 Å². The molecule has 0 radical (unpaired) electrons. The first-order valence-electron chi connectivity index (χ1n) is 7.48. The molecule has 0 aliphatic rings. The van der Waals surface area contributed by atoms with Crippen LogP contribution in [0.1, 0.15) is 49.7 Å². The van der Waals surface area contributed by atoms with E-state index in [0.717, 1.165) is 43.0 Å². The molecule has 0 bridgehead atoms. The minimum Gasteiger partial charge on any atom is -0.384 e. The third-order valence-corrected chi connectivity index (χ3v) is 3.89. The minimum atomic E-state index is 0.424. The second-order valence-electron chi connectivity index (χ2n) is 5.54. The Morgan fingerprint density at radius 2 is 1.90 bits per heavy atom. The average molecular weight is 271 g/mol. The zero-order valence-electron chi connectivity index (χ0n) is 12.8. The quantitative estimate of drug-likeness (QED) is 0.870. The Morgan fingerprint density at radius 3 is 2.55 bits per heavy atom. The number of rotatable bonds is 6. The SMILES string of the molecule is CCCc1nc(C(C)CCc2ccccc2)n(C)c1N. The molecule has 1 aromatic heterocycles. The van der Waals surface area contributed by atoms with Gasteiger partial charge in [0.1, 0.15) is 11.6 Å². The van der Waals surface area contributed by atoms with Gasteiger partial charge in [0.05, 0.1) is 5.69 Å². The number of nitrogens with zero attached hydrogens (tertiary/aromatic N) is 2. The fraction of sp³-hybridized carbons (Fsp3) is 0.471. The average Bonchev–Trinajstić information content (AvgIpc) is 2.75. The van der Waals surface area contributed by atoms with E-state index in [1.54, 1.807) is 0 Å². The zero-order valence-corrected chi connectivity index (χ0v) is 12.8. The van der Waals surface area contributed by atoms with Crippen molar-refractivity contribution < 1.29 is 0 Å². The first-order chi connectivity index (χ1) is 9.63. The highest BCUT2D eigenvalue weighted by molar-refractivity contribution is 5.38. The largest absolute Gasteiger partial charge is 0.384 e. The van der Waals surface area contributed by atoms with Crippen molar-refractivity contribution in [3.05, 3.63) is 47.4 Å². The van der Waals surface area contributed by atoms with Crippen LogP contribution in [-0.4, -0.2) is 9.55 Å². The molecule has 2 aromatic rings. The van der Waals surface area contributed by atoms with Crippen molar-refractivity contribution in [1.29, 1.82) is 0 Å². The summed E-state index contributed by atoms with van der Waals surface area (Å²) in [7, 11) is 2.02. The molecule has 1 aromatic carbocycles. The van der Waals surface area contributed by atoms with E-state index in [-0.39, 0.29) is 0 Å². The molecular weight excluding hydrogens is 246 g/mol. The number of hydrogen-bond acceptors (Lipinski definition) is 2. The maximum atomic E-state index is 6.14. The smallest absolute Gasteiger partial charge is 0.126 e. The molecule has 1 unspecified atom stereocenters. The Balaban J connectivity index is 2.05. The van der Waals surface area contributed by atoms with E-state index in [0.29, 0.717) is 5.92 Å². The van der Waals surface area contributed by atoms with Crippen molar-refractivity contribution in [1.82, 2.24) is 9.55 Å². The summed E-state index contributed by atoms with van der Waals surface area (Å²) >= 11 is 0. The van der Waals surface area contributed by atoms with Gasteiger partial charge < -0.3 is 10.3 Å². The normalized spacial score (nSPS) is 12.6. The Kier molecular flexibility index (Phi) is 4.83. The molecule has 2 N–H and O–H groups in total. The molecule has 0 aliphatic carbocycles. The van der Waals surface area contributed by atoms with Crippen LogP contribution in [0.3, 0.4) is 0 Å². The Labute approximate surface area is 121 Å². The molecule has 1 atom stereocenters. The Hall–Kier alpha value is -1.77. The van der Waals surface area contributed by atoms with Crippen molar-refractivity contribution in [2.45, 2.75) is 45.4 Å². The standard InChI is InChI=1S/C17H25N3/c1-4-8-15-16(18)20(3)17(19-15)13(2)11-12-14-9-6-5-7-10-14/h5-7,9-10,13H,4,8,11-12,18H2,1-3H3. The molecule has 2 rings (SSSR count). The van der Waals surface area contributed by atoms with E-state index in [1.807, 2.05) is 7.05 Å². The Bertz CT molecular complexity index is 543. The van der Waals surface area contributed by atoms with Crippen LogP contribution in [0, 0.1) is 0 Å². The van der Waals surface area contributed by atoms with Crippen molar-refractivity contribution >= 4 is 5.82 Å². The number of nitrogen functional groups attached to an aromatic ring is 1. The van der Waals surface area contributed by atoms with Gasteiger partial charge in [0, 0.05) is 13.0 Å². The van der Waals surface area contributed by atoms with Gasteiger partial charge in [-0.15, -0.1) is 0 Å². The highest BCUT2D eigenvalue weighted by Crippen LogP contribution is 2.24. The summed E-state index contributed by atoms with van der Waals surface area (Å²) in [6.07, 6.45) is 4.22. The van der Waals surface area contributed by atoms with E-state index < -0.39 is 0 Å². The first kappa shape index (κ1) is 14.6. The summed E-state index contributed by atoms with van der Waals surface area (Å²) in [5.74, 6) is 2.36. The van der Waals surface area contributed by atoms with Gasteiger partial charge in [-0.3, -0.25) is 0 Å². The third-order valence-electron chi connectivity index (χ3n) is 3.89. The van der Waals surface area contributed by atoms with Gasteiger partial charge in [-0.2, -0.15) is 0 Å². The number of hydrogen-bond donors (Lipinski definition) is 1. The van der Waals surface area contributed by atoms with E-state index in [1.165, 1.54) is 5.56 Å². The van der Waals surface area contributed by atoms with Gasteiger partial charge in [0.2, 0.25) is 0 Å². The zero-order chi connectivity index (χ0) is 14.5. The number of aryl methyl sites for hydroxylation is 2. The molecule has 108 valence electrons. The lowest BCUT2D eigenvalue weighted by atomic mass is 10.0. The minimum absolute atomic E-state index is 0.424. The van der Waals surface area contributed by atoms with Gasteiger partial charge in [-0.25, -0.2) is 4.98 Å². The lowest BCUT2D eigenvalue weighted by Gasteiger charge is -2.11.